The van der Waals surface area contributed by atoms with Gasteiger partial charge in [0.25, 0.3) is 5.91 Å². The van der Waals surface area contributed by atoms with Crippen molar-refractivity contribution in [2.45, 2.75) is 19.6 Å². The lowest BCUT2D eigenvalue weighted by atomic mass is 9.94. The van der Waals surface area contributed by atoms with Crippen molar-refractivity contribution in [3.8, 4) is 5.75 Å². The van der Waals surface area contributed by atoms with Gasteiger partial charge in [-0.05, 0) is 54.4 Å². The number of ether oxygens (including phenoxy) is 1. The number of rotatable bonds is 6. The number of carbonyl (C=O) groups is 2. The molecular formula is C25H22BrN3O3. The molecule has 3 N–H and O–H groups in total. The van der Waals surface area contributed by atoms with Gasteiger partial charge in [0.2, 0.25) is 0 Å². The molecule has 0 unspecified atom stereocenters. The standard InChI is InChI=1S/C25H22BrN3O3/c1-16-22(24(30)28-20-11-9-19(26)10-12-20)23(29-25(31)27-16)18-7-13-21(14-8-18)32-15-17-5-3-2-4-6-17/h2-14,23H,15H2,1H3,(H,28,30)(H2,27,29,31)/t23-/m1/s1. The number of hydrogen-bond donors (Lipinski definition) is 3. The van der Waals surface area contributed by atoms with Gasteiger partial charge in [0, 0.05) is 15.9 Å². The minimum atomic E-state index is -0.581. The molecule has 1 aliphatic rings. The molecule has 0 aromatic heterocycles. The summed E-state index contributed by atoms with van der Waals surface area (Å²) >= 11 is 3.38. The summed E-state index contributed by atoms with van der Waals surface area (Å²) in [5, 5.41) is 8.44. The molecule has 0 saturated heterocycles. The van der Waals surface area contributed by atoms with Gasteiger partial charge in [-0.3, -0.25) is 4.79 Å². The van der Waals surface area contributed by atoms with Crippen molar-refractivity contribution < 1.29 is 14.3 Å². The first-order valence-corrected chi connectivity index (χ1v) is 10.9. The van der Waals surface area contributed by atoms with Gasteiger partial charge < -0.3 is 20.7 Å². The average molecular weight is 492 g/mol. The third-order valence-electron chi connectivity index (χ3n) is 5.08. The molecule has 0 aliphatic carbocycles. The molecule has 7 heteroatoms. The van der Waals surface area contributed by atoms with Crippen LogP contribution in [-0.2, 0) is 11.4 Å². The Kier molecular flexibility index (Phi) is 6.56. The normalized spacial score (nSPS) is 15.6. The number of carbonyl (C=O) groups excluding carboxylic acids is 2. The number of halogens is 1. The summed E-state index contributed by atoms with van der Waals surface area (Å²) < 4.78 is 6.77. The van der Waals surface area contributed by atoms with Crippen LogP contribution in [-0.4, -0.2) is 11.9 Å². The maximum Gasteiger partial charge on any atom is 0.319 e. The summed E-state index contributed by atoms with van der Waals surface area (Å²) in [7, 11) is 0. The molecular weight excluding hydrogens is 470 g/mol. The maximum atomic E-state index is 13.1. The van der Waals surface area contributed by atoms with Crippen molar-refractivity contribution in [1.29, 1.82) is 0 Å². The van der Waals surface area contributed by atoms with Crippen molar-refractivity contribution >= 4 is 33.6 Å². The summed E-state index contributed by atoms with van der Waals surface area (Å²) in [5.41, 5.74) is 3.49. The van der Waals surface area contributed by atoms with Gasteiger partial charge in [-0.2, -0.15) is 0 Å². The summed E-state index contributed by atoms with van der Waals surface area (Å²) in [6.07, 6.45) is 0. The summed E-state index contributed by atoms with van der Waals surface area (Å²) in [6, 6.07) is 23.7. The third kappa shape index (κ3) is 5.18. The summed E-state index contributed by atoms with van der Waals surface area (Å²) in [5.74, 6) is 0.422. The van der Waals surface area contributed by atoms with Crippen molar-refractivity contribution in [3.63, 3.8) is 0 Å². The molecule has 162 valence electrons. The minimum absolute atomic E-state index is 0.285. The SMILES string of the molecule is CC1=C(C(=O)Nc2ccc(Br)cc2)[C@@H](c2ccc(OCc3ccccc3)cc2)NC(=O)N1. The van der Waals surface area contributed by atoms with Gasteiger partial charge in [0.05, 0.1) is 11.6 Å². The van der Waals surface area contributed by atoms with Gasteiger partial charge in [-0.15, -0.1) is 0 Å². The Morgan fingerprint density at radius 1 is 1.00 bits per heavy atom. The lowest BCUT2D eigenvalue weighted by Gasteiger charge is -2.28. The largest absolute Gasteiger partial charge is 0.489 e. The van der Waals surface area contributed by atoms with Gasteiger partial charge in [-0.1, -0.05) is 58.4 Å². The molecule has 0 bridgehead atoms. The Hall–Kier alpha value is -3.58. The van der Waals surface area contributed by atoms with Crippen molar-refractivity contribution in [3.05, 3.63) is 106 Å². The fraction of sp³-hybridized carbons (Fsp3) is 0.120. The number of urea groups is 1. The fourth-order valence-corrected chi connectivity index (χ4v) is 3.74. The molecule has 32 heavy (non-hydrogen) atoms. The van der Waals surface area contributed by atoms with Crippen LogP contribution in [0.5, 0.6) is 5.75 Å². The van der Waals surface area contributed by atoms with E-state index in [9.17, 15) is 9.59 Å². The number of nitrogens with one attached hydrogen (secondary N) is 3. The number of amides is 3. The summed E-state index contributed by atoms with van der Waals surface area (Å²) in [4.78, 5) is 25.2. The smallest absolute Gasteiger partial charge is 0.319 e. The third-order valence-corrected chi connectivity index (χ3v) is 5.61. The van der Waals surface area contributed by atoms with Crippen molar-refractivity contribution in [1.82, 2.24) is 10.6 Å². The lowest BCUT2D eigenvalue weighted by molar-refractivity contribution is -0.113. The van der Waals surface area contributed by atoms with E-state index in [4.69, 9.17) is 4.74 Å². The zero-order valence-corrected chi connectivity index (χ0v) is 19.0. The first kappa shape index (κ1) is 21.6. The van der Waals surface area contributed by atoms with E-state index in [0.29, 0.717) is 29.3 Å². The van der Waals surface area contributed by atoms with E-state index in [2.05, 4.69) is 31.9 Å². The number of allylic oxidation sites excluding steroid dienone is 1. The second-order valence-corrected chi connectivity index (χ2v) is 8.29. The predicted molar refractivity (Wildman–Crippen MR) is 127 cm³/mol. The van der Waals surface area contributed by atoms with Crippen molar-refractivity contribution in [2.75, 3.05) is 5.32 Å². The maximum absolute atomic E-state index is 13.1. The quantitative estimate of drug-likeness (QED) is 0.437. The average Bonchev–Trinajstić information content (AvgIpc) is 2.79. The Balaban J connectivity index is 1.52. The highest BCUT2D eigenvalue weighted by atomic mass is 79.9. The molecule has 0 fully saturated rings. The van der Waals surface area contributed by atoms with Gasteiger partial charge in [0.15, 0.2) is 0 Å². The monoisotopic (exact) mass is 491 g/mol. The molecule has 4 rings (SSSR count). The Labute approximate surface area is 194 Å². The number of hydrogen-bond acceptors (Lipinski definition) is 3. The van der Waals surface area contributed by atoms with E-state index in [1.807, 2.05) is 66.7 Å². The van der Waals surface area contributed by atoms with Crippen LogP contribution in [0.3, 0.4) is 0 Å². The predicted octanol–water partition coefficient (Wildman–Crippen LogP) is 5.29. The highest BCUT2D eigenvalue weighted by molar-refractivity contribution is 9.10. The molecule has 1 aliphatic heterocycles. The van der Waals surface area contributed by atoms with E-state index in [1.165, 1.54) is 0 Å². The van der Waals surface area contributed by atoms with Crippen LogP contribution < -0.4 is 20.7 Å². The summed E-state index contributed by atoms with van der Waals surface area (Å²) in [6.45, 7) is 2.18. The first-order chi connectivity index (χ1) is 15.5. The second-order valence-electron chi connectivity index (χ2n) is 7.37. The van der Waals surface area contributed by atoms with Gasteiger partial charge in [-0.25, -0.2) is 4.79 Å². The van der Waals surface area contributed by atoms with E-state index in [-0.39, 0.29) is 11.9 Å². The molecule has 3 amide bonds. The van der Waals surface area contributed by atoms with Crippen LogP contribution in [0, 0.1) is 0 Å². The van der Waals surface area contributed by atoms with E-state index >= 15 is 0 Å². The van der Waals surface area contributed by atoms with Gasteiger partial charge in [0.1, 0.15) is 12.4 Å². The second kappa shape index (κ2) is 9.70. The topological polar surface area (TPSA) is 79.5 Å². The molecule has 1 heterocycles. The van der Waals surface area contributed by atoms with Crippen molar-refractivity contribution in [2.24, 2.45) is 0 Å². The Morgan fingerprint density at radius 3 is 2.38 bits per heavy atom. The first-order valence-electron chi connectivity index (χ1n) is 10.1. The molecule has 0 spiro atoms. The molecule has 3 aromatic carbocycles. The highest BCUT2D eigenvalue weighted by Crippen LogP contribution is 2.29. The van der Waals surface area contributed by atoms with Crippen LogP contribution in [0.25, 0.3) is 0 Å². The minimum Gasteiger partial charge on any atom is -0.489 e. The molecule has 0 radical (unpaired) electrons. The Morgan fingerprint density at radius 2 is 1.69 bits per heavy atom. The van der Waals surface area contributed by atoms with Crippen LogP contribution in [0.2, 0.25) is 0 Å². The van der Waals surface area contributed by atoms with Gasteiger partial charge >= 0.3 is 6.03 Å². The molecule has 0 saturated carbocycles. The van der Waals surface area contributed by atoms with Crippen LogP contribution in [0.4, 0.5) is 10.5 Å². The van der Waals surface area contributed by atoms with Crippen LogP contribution >= 0.6 is 15.9 Å². The highest BCUT2D eigenvalue weighted by Gasteiger charge is 2.31. The van der Waals surface area contributed by atoms with E-state index in [0.717, 1.165) is 15.6 Å². The Bertz CT molecular complexity index is 1140. The van der Waals surface area contributed by atoms with E-state index < -0.39 is 6.04 Å². The van der Waals surface area contributed by atoms with E-state index in [1.54, 1.807) is 19.1 Å². The van der Waals surface area contributed by atoms with Crippen LogP contribution in [0.1, 0.15) is 24.1 Å². The molecule has 3 aromatic rings. The fourth-order valence-electron chi connectivity index (χ4n) is 3.47. The zero-order valence-electron chi connectivity index (χ0n) is 17.4. The molecule has 1 atom stereocenters. The number of benzene rings is 3. The lowest BCUT2D eigenvalue weighted by Crippen LogP contribution is -2.45. The molecule has 6 nitrogen and oxygen atoms in total. The van der Waals surface area contributed by atoms with Crippen LogP contribution in [0.15, 0.2) is 94.6 Å². The number of anilines is 1. The zero-order chi connectivity index (χ0) is 22.5.